The largest absolute Gasteiger partial charge is 0.325 e. The number of thioether (sulfide) groups is 1. The third-order valence-corrected chi connectivity index (χ3v) is 5.95. The maximum atomic E-state index is 12.6. The number of hydrogen-bond acceptors (Lipinski definition) is 4. The van der Waals surface area contributed by atoms with Crippen LogP contribution in [0.5, 0.6) is 0 Å². The third-order valence-electron chi connectivity index (χ3n) is 4.65. The molecule has 0 saturated heterocycles. The molecule has 132 valence electrons. The average molecular weight is 377 g/mol. The summed E-state index contributed by atoms with van der Waals surface area (Å²) in [5, 5.41) is 13.0. The highest BCUT2D eigenvalue weighted by molar-refractivity contribution is 8.00. The first kappa shape index (κ1) is 16.9. The highest BCUT2D eigenvalue weighted by atomic mass is 35.5. The summed E-state index contributed by atoms with van der Waals surface area (Å²) < 4.78 is 2.27. The number of amides is 1. The topological polar surface area (TPSA) is 59.8 Å². The van der Waals surface area contributed by atoms with Crippen LogP contribution in [-0.2, 0) is 4.79 Å². The number of aryl methyl sites for hydroxylation is 1. The quantitative estimate of drug-likeness (QED) is 0.750. The van der Waals surface area contributed by atoms with Crippen LogP contribution >= 0.6 is 23.4 Å². The monoisotopic (exact) mass is 376 g/mol. The van der Waals surface area contributed by atoms with Crippen molar-refractivity contribution < 1.29 is 4.79 Å². The zero-order chi connectivity index (χ0) is 17.6. The minimum atomic E-state index is -0.257. The molecular formula is C18H21ClN4OS. The van der Waals surface area contributed by atoms with Gasteiger partial charge in [0, 0.05) is 22.7 Å². The molecule has 25 heavy (non-hydrogen) atoms. The standard InChI is InChI=1S/C18H21ClN4OS/c1-10-3-6-13(19)9-15(10)20-17(24)11(2)25-18-22-21-16(12-4-5-12)23(18)14-7-8-14/h3,6,9,11-12,14H,4-5,7-8H2,1-2H3,(H,20,24)/t11-/m1/s1. The predicted octanol–water partition coefficient (Wildman–Crippen LogP) is 4.57. The van der Waals surface area contributed by atoms with Gasteiger partial charge in [-0.15, -0.1) is 10.2 Å². The Morgan fingerprint density at radius 2 is 2.08 bits per heavy atom. The van der Waals surface area contributed by atoms with Gasteiger partial charge in [-0.25, -0.2) is 0 Å². The lowest BCUT2D eigenvalue weighted by molar-refractivity contribution is -0.115. The molecule has 0 radical (unpaired) electrons. The molecular weight excluding hydrogens is 356 g/mol. The molecule has 2 aliphatic carbocycles. The van der Waals surface area contributed by atoms with Crippen molar-refractivity contribution in [3.63, 3.8) is 0 Å². The fourth-order valence-corrected chi connectivity index (χ4v) is 3.94. The van der Waals surface area contributed by atoms with Crippen molar-refractivity contribution >= 4 is 35.0 Å². The minimum Gasteiger partial charge on any atom is -0.325 e. The van der Waals surface area contributed by atoms with E-state index in [4.69, 9.17) is 11.6 Å². The molecule has 2 aromatic rings. The Kier molecular flexibility index (Phi) is 4.50. The second kappa shape index (κ2) is 6.65. The van der Waals surface area contributed by atoms with E-state index in [-0.39, 0.29) is 11.2 Å². The number of aromatic nitrogens is 3. The van der Waals surface area contributed by atoms with Crippen molar-refractivity contribution in [2.45, 2.75) is 61.9 Å². The molecule has 2 saturated carbocycles. The van der Waals surface area contributed by atoms with Gasteiger partial charge in [0.2, 0.25) is 5.91 Å². The van der Waals surface area contributed by atoms with E-state index in [9.17, 15) is 4.79 Å². The van der Waals surface area contributed by atoms with Crippen molar-refractivity contribution in [3.8, 4) is 0 Å². The first-order valence-electron chi connectivity index (χ1n) is 8.71. The first-order chi connectivity index (χ1) is 12.0. The molecule has 5 nitrogen and oxygen atoms in total. The molecule has 2 fully saturated rings. The Bertz CT molecular complexity index is 813. The molecule has 1 heterocycles. The van der Waals surface area contributed by atoms with Gasteiger partial charge >= 0.3 is 0 Å². The van der Waals surface area contributed by atoms with E-state index in [1.807, 2.05) is 26.0 Å². The van der Waals surface area contributed by atoms with Gasteiger partial charge in [-0.3, -0.25) is 4.79 Å². The van der Waals surface area contributed by atoms with E-state index >= 15 is 0 Å². The Balaban J connectivity index is 1.47. The Hall–Kier alpha value is -1.53. The number of carbonyl (C=O) groups is 1. The van der Waals surface area contributed by atoms with Crippen LogP contribution in [0, 0.1) is 6.92 Å². The molecule has 7 heteroatoms. The van der Waals surface area contributed by atoms with Crippen LogP contribution < -0.4 is 5.32 Å². The van der Waals surface area contributed by atoms with Gasteiger partial charge in [0.15, 0.2) is 5.16 Å². The van der Waals surface area contributed by atoms with E-state index in [0.29, 0.717) is 17.0 Å². The predicted molar refractivity (Wildman–Crippen MR) is 100 cm³/mol. The Labute approximate surface area is 156 Å². The zero-order valence-corrected chi connectivity index (χ0v) is 15.9. The van der Waals surface area contributed by atoms with Crippen LogP contribution in [-0.4, -0.2) is 25.9 Å². The number of nitrogens with zero attached hydrogens (tertiary/aromatic N) is 3. The maximum absolute atomic E-state index is 12.6. The molecule has 1 aromatic heterocycles. The second-order valence-corrected chi connectivity index (χ2v) is 8.67. The Morgan fingerprint density at radius 3 is 2.76 bits per heavy atom. The highest BCUT2D eigenvalue weighted by Gasteiger charge is 2.37. The normalized spacial score (nSPS) is 18.2. The molecule has 1 N–H and O–H groups in total. The van der Waals surface area contributed by atoms with Gasteiger partial charge in [0.1, 0.15) is 5.82 Å². The van der Waals surface area contributed by atoms with Gasteiger partial charge in [-0.2, -0.15) is 0 Å². The lowest BCUT2D eigenvalue weighted by atomic mass is 10.2. The fraction of sp³-hybridized carbons (Fsp3) is 0.500. The smallest absolute Gasteiger partial charge is 0.237 e. The van der Waals surface area contributed by atoms with Crippen LogP contribution in [0.15, 0.2) is 23.4 Å². The van der Waals surface area contributed by atoms with Crippen molar-refractivity contribution in [2.75, 3.05) is 5.32 Å². The zero-order valence-electron chi connectivity index (χ0n) is 14.3. The molecule has 1 aromatic carbocycles. The number of carbonyl (C=O) groups excluding carboxylic acids is 1. The van der Waals surface area contributed by atoms with Crippen LogP contribution in [0.1, 0.15) is 56.0 Å². The average Bonchev–Trinajstić information content (AvgIpc) is 3.50. The molecule has 1 atom stereocenters. The molecule has 0 spiro atoms. The molecule has 1 amide bonds. The third kappa shape index (κ3) is 3.70. The number of nitrogens with one attached hydrogen (secondary N) is 1. The first-order valence-corrected chi connectivity index (χ1v) is 9.97. The van der Waals surface area contributed by atoms with E-state index in [1.54, 1.807) is 6.07 Å². The molecule has 0 bridgehead atoms. The molecule has 2 aliphatic rings. The number of anilines is 1. The molecule has 4 rings (SSSR count). The number of rotatable bonds is 6. The van der Waals surface area contributed by atoms with Crippen molar-refractivity contribution in [3.05, 3.63) is 34.6 Å². The van der Waals surface area contributed by atoms with Crippen LogP contribution in [0.4, 0.5) is 5.69 Å². The van der Waals surface area contributed by atoms with Gasteiger partial charge in [-0.05, 0) is 57.2 Å². The fourth-order valence-electron chi connectivity index (χ4n) is 2.84. The summed E-state index contributed by atoms with van der Waals surface area (Å²) in [5.41, 5.74) is 1.75. The van der Waals surface area contributed by atoms with Crippen molar-refractivity contribution in [1.82, 2.24) is 14.8 Å². The molecule has 0 aliphatic heterocycles. The highest BCUT2D eigenvalue weighted by Crippen LogP contribution is 2.46. The SMILES string of the molecule is Cc1ccc(Cl)cc1NC(=O)[C@@H](C)Sc1nnc(C2CC2)n1C1CC1. The van der Waals surface area contributed by atoms with Crippen molar-refractivity contribution in [1.29, 1.82) is 0 Å². The van der Waals surface area contributed by atoms with E-state index in [1.165, 1.54) is 37.4 Å². The van der Waals surface area contributed by atoms with Crippen LogP contribution in [0.3, 0.4) is 0 Å². The summed E-state index contributed by atoms with van der Waals surface area (Å²) >= 11 is 7.52. The van der Waals surface area contributed by atoms with Gasteiger partial charge < -0.3 is 9.88 Å². The van der Waals surface area contributed by atoms with Gasteiger partial charge in [0.05, 0.1) is 5.25 Å². The van der Waals surface area contributed by atoms with E-state index < -0.39 is 0 Å². The summed E-state index contributed by atoms with van der Waals surface area (Å²) in [7, 11) is 0. The van der Waals surface area contributed by atoms with Gasteiger partial charge in [-0.1, -0.05) is 29.4 Å². The summed E-state index contributed by atoms with van der Waals surface area (Å²) in [4.78, 5) is 12.6. The van der Waals surface area contributed by atoms with Crippen LogP contribution in [0.2, 0.25) is 5.02 Å². The van der Waals surface area contributed by atoms with Crippen LogP contribution in [0.25, 0.3) is 0 Å². The Morgan fingerprint density at radius 1 is 1.32 bits per heavy atom. The molecule has 0 unspecified atom stereocenters. The number of benzene rings is 1. The summed E-state index contributed by atoms with van der Waals surface area (Å²) in [5.74, 6) is 1.64. The number of halogens is 1. The summed E-state index contributed by atoms with van der Waals surface area (Å²) in [6, 6.07) is 6.03. The van der Waals surface area contributed by atoms with Crippen molar-refractivity contribution in [2.24, 2.45) is 0 Å². The summed E-state index contributed by atoms with van der Waals surface area (Å²) in [6.07, 6.45) is 4.79. The number of hydrogen-bond donors (Lipinski definition) is 1. The maximum Gasteiger partial charge on any atom is 0.237 e. The summed E-state index contributed by atoms with van der Waals surface area (Å²) in [6.45, 7) is 3.86. The minimum absolute atomic E-state index is 0.0475. The lowest BCUT2D eigenvalue weighted by Crippen LogP contribution is -2.23. The lowest BCUT2D eigenvalue weighted by Gasteiger charge is -2.14. The van der Waals surface area contributed by atoms with E-state index in [0.717, 1.165) is 22.2 Å². The van der Waals surface area contributed by atoms with E-state index in [2.05, 4.69) is 20.1 Å². The van der Waals surface area contributed by atoms with Gasteiger partial charge in [0.25, 0.3) is 0 Å². The second-order valence-electron chi connectivity index (χ2n) is 6.92.